The van der Waals surface area contributed by atoms with Gasteiger partial charge < -0.3 is 10.3 Å². The molecule has 1 aliphatic carbocycles. The van der Waals surface area contributed by atoms with Gasteiger partial charge in [0, 0.05) is 5.69 Å². The number of para-hydroxylation sites is 1. The molecule has 1 aliphatic rings. The third-order valence-corrected chi connectivity index (χ3v) is 5.27. The number of rotatable bonds is 3. The highest BCUT2D eigenvalue weighted by molar-refractivity contribution is 5.92. The van der Waals surface area contributed by atoms with Crippen LogP contribution in [-0.2, 0) is 17.8 Å². The number of hydrogen-bond donors (Lipinski definition) is 2. The van der Waals surface area contributed by atoms with Crippen LogP contribution in [0.1, 0.15) is 11.1 Å². The molecule has 5 rings (SSSR count). The van der Waals surface area contributed by atoms with E-state index in [0.717, 1.165) is 16.6 Å². The second-order valence-corrected chi connectivity index (χ2v) is 7.12. The Morgan fingerprint density at radius 1 is 0.931 bits per heavy atom. The molecule has 3 aromatic carbocycles. The summed E-state index contributed by atoms with van der Waals surface area (Å²) in [7, 11) is 0. The minimum atomic E-state index is -0.603. The van der Waals surface area contributed by atoms with Crippen LogP contribution in [0.3, 0.4) is 0 Å². The zero-order valence-electron chi connectivity index (χ0n) is 15.4. The lowest BCUT2D eigenvalue weighted by Crippen LogP contribution is -2.38. The van der Waals surface area contributed by atoms with Crippen molar-refractivity contribution < 1.29 is 4.79 Å². The van der Waals surface area contributed by atoms with Gasteiger partial charge in [0.05, 0.1) is 10.9 Å². The van der Waals surface area contributed by atoms with E-state index in [9.17, 15) is 14.4 Å². The van der Waals surface area contributed by atoms with Gasteiger partial charge in [-0.1, -0.05) is 42.5 Å². The van der Waals surface area contributed by atoms with Gasteiger partial charge in [0.15, 0.2) is 0 Å². The fourth-order valence-corrected chi connectivity index (χ4v) is 3.91. The molecule has 1 heterocycles. The van der Waals surface area contributed by atoms with Crippen LogP contribution in [0, 0.1) is 0 Å². The second-order valence-electron chi connectivity index (χ2n) is 7.12. The number of aromatic nitrogens is 2. The van der Waals surface area contributed by atoms with Gasteiger partial charge in [-0.2, -0.15) is 0 Å². The number of fused-ring (bicyclic) bond motifs is 4. The summed E-state index contributed by atoms with van der Waals surface area (Å²) >= 11 is 0. The van der Waals surface area contributed by atoms with Crippen molar-refractivity contribution in [3.63, 3.8) is 0 Å². The van der Waals surface area contributed by atoms with Gasteiger partial charge in [-0.25, -0.2) is 4.79 Å². The Hall–Kier alpha value is -3.93. The van der Waals surface area contributed by atoms with Crippen molar-refractivity contribution in [3.05, 3.63) is 98.7 Å². The Morgan fingerprint density at radius 3 is 2.59 bits per heavy atom. The maximum absolute atomic E-state index is 12.6. The van der Waals surface area contributed by atoms with Gasteiger partial charge in [-0.15, -0.1) is 0 Å². The molecule has 6 nitrogen and oxygen atoms in total. The third kappa shape index (κ3) is 2.95. The van der Waals surface area contributed by atoms with Crippen molar-refractivity contribution in [2.75, 3.05) is 5.32 Å². The maximum Gasteiger partial charge on any atom is 0.329 e. The van der Waals surface area contributed by atoms with Crippen molar-refractivity contribution in [1.29, 1.82) is 0 Å². The molecule has 0 unspecified atom stereocenters. The molecule has 0 spiro atoms. The number of carbonyl (C=O) groups is 1. The Bertz CT molecular complexity index is 1400. The number of aromatic amines is 1. The van der Waals surface area contributed by atoms with Crippen molar-refractivity contribution in [3.8, 4) is 11.1 Å². The van der Waals surface area contributed by atoms with E-state index in [4.69, 9.17) is 0 Å². The number of hydrogen-bond acceptors (Lipinski definition) is 3. The zero-order chi connectivity index (χ0) is 20.0. The molecule has 0 radical (unpaired) electrons. The number of nitrogens with zero attached hydrogens (tertiary/aromatic N) is 1. The topological polar surface area (TPSA) is 84.0 Å². The van der Waals surface area contributed by atoms with Crippen LogP contribution in [0.4, 0.5) is 5.69 Å². The van der Waals surface area contributed by atoms with Gasteiger partial charge in [0.25, 0.3) is 5.56 Å². The van der Waals surface area contributed by atoms with Gasteiger partial charge in [-0.05, 0) is 52.9 Å². The number of amides is 1. The van der Waals surface area contributed by atoms with Crippen LogP contribution in [0.2, 0.25) is 0 Å². The minimum absolute atomic E-state index is 0.351. The highest BCUT2D eigenvalue weighted by Gasteiger charge is 2.18. The lowest BCUT2D eigenvalue weighted by molar-refractivity contribution is -0.116. The van der Waals surface area contributed by atoms with E-state index >= 15 is 0 Å². The fraction of sp³-hybridized carbons (Fsp3) is 0.0870. The number of anilines is 1. The molecule has 6 heteroatoms. The first kappa shape index (κ1) is 17.2. The second kappa shape index (κ2) is 6.60. The Labute approximate surface area is 165 Å². The van der Waals surface area contributed by atoms with Crippen molar-refractivity contribution in [1.82, 2.24) is 9.55 Å². The van der Waals surface area contributed by atoms with Crippen molar-refractivity contribution in [2.24, 2.45) is 0 Å². The molecule has 1 amide bonds. The van der Waals surface area contributed by atoms with Crippen LogP contribution in [0.15, 0.2) is 76.3 Å². The Balaban J connectivity index is 1.40. The van der Waals surface area contributed by atoms with Crippen LogP contribution in [-0.4, -0.2) is 15.5 Å². The first-order chi connectivity index (χ1) is 14.1. The van der Waals surface area contributed by atoms with Crippen molar-refractivity contribution in [2.45, 2.75) is 13.0 Å². The normalized spacial score (nSPS) is 11.9. The summed E-state index contributed by atoms with van der Waals surface area (Å²) in [6.07, 6.45) is 0.818. The van der Waals surface area contributed by atoms with Gasteiger partial charge >= 0.3 is 5.69 Å². The van der Waals surface area contributed by atoms with Gasteiger partial charge in [-0.3, -0.25) is 14.2 Å². The largest absolute Gasteiger partial charge is 0.329 e. The zero-order valence-corrected chi connectivity index (χ0v) is 15.4. The average molecular weight is 383 g/mol. The van der Waals surface area contributed by atoms with Gasteiger partial charge in [0.1, 0.15) is 6.54 Å². The summed E-state index contributed by atoms with van der Waals surface area (Å²) in [4.78, 5) is 40.0. The standard InChI is InChI=1S/C23H17N3O3/c27-21(13-26-22(28)19-7-3-4-8-20(19)25-23(26)29)24-16-9-10-18-15(12-16)11-14-5-1-2-6-17(14)18/h1-10,12H,11,13H2,(H,24,27)(H,25,29). The first-order valence-corrected chi connectivity index (χ1v) is 9.33. The monoisotopic (exact) mass is 383 g/mol. The Kier molecular flexibility index (Phi) is 3.91. The summed E-state index contributed by atoms with van der Waals surface area (Å²) in [6.45, 7) is -0.351. The molecule has 0 atom stereocenters. The number of nitrogens with one attached hydrogen (secondary N) is 2. The molecule has 2 N–H and O–H groups in total. The number of benzene rings is 3. The summed E-state index contributed by atoms with van der Waals surface area (Å²) in [5, 5.41) is 3.17. The SMILES string of the molecule is O=C(Cn1c(=O)[nH]c2ccccc2c1=O)Nc1ccc2c(c1)Cc1ccccc1-2. The van der Waals surface area contributed by atoms with E-state index in [1.54, 1.807) is 24.3 Å². The number of H-pyrrole nitrogens is 1. The van der Waals surface area contributed by atoms with Crippen LogP contribution in [0.5, 0.6) is 0 Å². The third-order valence-electron chi connectivity index (χ3n) is 5.27. The summed E-state index contributed by atoms with van der Waals surface area (Å²) in [5.41, 5.74) is 4.81. The lowest BCUT2D eigenvalue weighted by Gasteiger charge is -2.09. The molecule has 0 fully saturated rings. The fourth-order valence-electron chi connectivity index (χ4n) is 3.91. The molecule has 0 aliphatic heterocycles. The van der Waals surface area contributed by atoms with E-state index in [-0.39, 0.29) is 6.54 Å². The van der Waals surface area contributed by atoms with Crippen LogP contribution < -0.4 is 16.6 Å². The summed E-state index contributed by atoms with van der Waals surface area (Å²) in [6, 6.07) is 20.7. The highest BCUT2D eigenvalue weighted by Crippen LogP contribution is 2.37. The molecular weight excluding hydrogens is 366 g/mol. The van der Waals surface area contributed by atoms with Crippen LogP contribution in [0.25, 0.3) is 22.0 Å². The maximum atomic E-state index is 12.6. The predicted octanol–water partition coefficient (Wildman–Crippen LogP) is 2.90. The molecule has 142 valence electrons. The predicted molar refractivity (Wildman–Crippen MR) is 112 cm³/mol. The lowest BCUT2D eigenvalue weighted by atomic mass is 10.1. The molecule has 0 saturated carbocycles. The van der Waals surface area contributed by atoms with E-state index in [1.807, 2.05) is 30.3 Å². The molecule has 4 aromatic rings. The van der Waals surface area contributed by atoms with E-state index in [2.05, 4.69) is 22.4 Å². The first-order valence-electron chi connectivity index (χ1n) is 9.33. The van der Waals surface area contributed by atoms with E-state index in [1.165, 1.54) is 16.7 Å². The minimum Gasteiger partial charge on any atom is -0.325 e. The smallest absolute Gasteiger partial charge is 0.325 e. The molecule has 0 bridgehead atoms. The number of carbonyl (C=O) groups excluding carboxylic acids is 1. The molecule has 29 heavy (non-hydrogen) atoms. The van der Waals surface area contributed by atoms with E-state index in [0.29, 0.717) is 16.6 Å². The average Bonchev–Trinajstić information content (AvgIpc) is 3.09. The summed E-state index contributed by atoms with van der Waals surface area (Å²) in [5.74, 6) is -0.427. The molecular formula is C23H17N3O3. The van der Waals surface area contributed by atoms with Crippen molar-refractivity contribution >= 4 is 22.5 Å². The summed E-state index contributed by atoms with van der Waals surface area (Å²) < 4.78 is 0.918. The highest BCUT2D eigenvalue weighted by atomic mass is 16.2. The Morgan fingerprint density at radius 2 is 1.69 bits per heavy atom. The van der Waals surface area contributed by atoms with E-state index < -0.39 is 17.2 Å². The molecule has 0 saturated heterocycles. The van der Waals surface area contributed by atoms with Crippen LogP contribution >= 0.6 is 0 Å². The quantitative estimate of drug-likeness (QED) is 0.502. The molecule has 1 aromatic heterocycles. The van der Waals surface area contributed by atoms with Gasteiger partial charge in [0.2, 0.25) is 5.91 Å².